The highest BCUT2D eigenvalue weighted by Crippen LogP contribution is 2.17. The summed E-state index contributed by atoms with van der Waals surface area (Å²) in [7, 11) is 0. The average Bonchev–Trinajstić information content (AvgIpc) is 2.67. The number of hydrogen-bond donors (Lipinski definition) is 1. The van der Waals surface area contributed by atoms with Gasteiger partial charge in [0.25, 0.3) is 0 Å². The van der Waals surface area contributed by atoms with Gasteiger partial charge in [-0.1, -0.05) is 13.8 Å². The third-order valence-corrected chi connectivity index (χ3v) is 3.39. The summed E-state index contributed by atoms with van der Waals surface area (Å²) in [5, 5.41) is 3.68. The summed E-state index contributed by atoms with van der Waals surface area (Å²) < 4.78 is 5.66. The molecule has 0 aromatic heterocycles. The Morgan fingerprint density at radius 1 is 1.12 bits per heavy atom. The lowest BCUT2D eigenvalue weighted by molar-refractivity contribution is 0.0950. The van der Waals surface area contributed by atoms with Crippen LogP contribution in [0.3, 0.4) is 0 Å². The molecule has 0 spiro atoms. The zero-order valence-electron chi connectivity index (χ0n) is 11.5. The highest BCUT2D eigenvalue weighted by Gasteiger charge is 2.19. The molecule has 1 heterocycles. The van der Waals surface area contributed by atoms with Crippen LogP contribution in [0, 0.1) is 5.92 Å². The maximum atomic E-state index is 5.66. The van der Waals surface area contributed by atoms with Gasteiger partial charge in [-0.25, -0.2) is 0 Å². The van der Waals surface area contributed by atoms with E-state index in [1.165, 1.54) is 32.1 Å². The van der Waals surface area contributed by atoms with Crippen LogP contribution in [0.15, 0.2) is 0 Å². The predicted octanol–water partition coefficient (Wildman–Crippen LogP) is 3.36. The Morgan fingerprint density at radius 2 is 1.88 bits per heavy atom. The van der Waals surface area contributed by atoms with Gasteiger partial charge in [-0.2, -0.15) is 0 Å². The summed E-state index contributed by atoms with van der Waals surface area (Å²) >= 11 is 0. The van der Waals surface area contributed by atoms with Crippen molar-refractivity contribution >= 4 is 0 Å². The molecule has 1 fully saturated rings. The van der Waals surface area contributed by atoms with Crippen molar-refractivity contribution in [3.05, 3.63) is 0 Å². The normalized spacial score (nSPS) is 24.9. The van der Waals surface area contributed by atoms with E-state index in [1.54, 1.807) is 0 Å². The average molecular weight is 227 g/mol. The molecule has 0 amide bonds. The van der Waals surface area contributed by atoms with Gasteiger partial charge in [-0.15, -0.1) is 0 Å². The molecule has 3 atom stereocenters. The van der Waals surface area contributed by atoms with Crippen LogP contribution >= 0.6 is 0 Å². The quantitative estimate of drug-likeness (QED) is 0.720. The molecule has 0 aliphatic carbocycles. The van der Waals surface area contributed by atoms with E-state index in [0.717, 1.165) is 12.5 Å². The summed E-state index contributed by atoms with van der Waals surface area (Å²) in [4.78, 5) is 0. The van der Waals surface area contributed by atoms with Crippen molar-refractivity contribution in [1.29, 1.82) is 0 Å². The van der Waals surface area contributed by atoms with Crippen LogP contribution in [-0.4, -0.2) is 24.8 Å². The maximum absolute atomic E-state index is 5.66. The summed E-state index contributed by atoms with van der Waals surface area (Å²) in [6, 6.07) is 1.23. The van der Waals surface area contributed by atoms with Gasteiger partial charge in [0.2, 0.25) is 0 Å². The fourth-order valence-electron chi connectivity index (χ4n) is 2.44. The fraction of sp³-hybridized carbons (Fsp3) is 1.00. The van der Waals surface area contributed by atoms with Gasteiger partial charge in [0.05, 0.1) is 6.10 Å². The SMILES string of the molecule is CC(C)CCC(C)NC(C)CC1CCCO1. The second kappa shape index (κ2) is 7.29. The Morgan fingerprint density at radius 3 is 2.44 bits per heavy atom. The van der Waals surface area contributed by atoms with E-state index in [9.17, 15) is 0 Å². The summed E-state index contributed by atoms with van der Waals surface area (Å²) in [5.74, 6) is 0.817. The zero-order chi connectivity index (χ0) is 12.0. The van der Waals surface area contributed by atoms with E-state index < -0.39 is 0 Å². The van der Waals surface area contributed by atoms with Crippen molar-refractivity contribution in [2.45, 2.75) is 78.0 Å². The molecule has 0 radical (unpaired) electrons. The lowest BCUT2D eigenvalue weighted by Crippen LogP contribution is -2.36. The molecule has 0 bridgehead atoms. The molecular weight excluding hydrogens is 198 g/mol. The molecule has 1 saturated heterocycles. The van der Waals surface area contributed by atoms with Crippen LogP contribution in [-0.2, 0) is 4.74 Å². The fourth-order valence-corrected chi connectivity index (χ4v) is 2.44. The van der Waals surface area contributed by atoms with E-state index >= 15 is 0 Å². The van der Waals surface area contributed by atoms with Crippen molar-refractivity contribution in [2.75, 3.05) is 6.61 Å². The molecule has 1 aliphatic heterocycles. The third-order valence-electron chi connectivity index (χ3n) is 3.39. The van der Waals surface area contributed by atoms with Gasteiger partial charge < -0.3 is 10.1 Å². The van der Waals surface area contributed by atoms with Crippen LogP contribution in [0.25, 0.3) is 0 Å². The maximum Gasteiger partial charge on any atom is 0.0590 e. The Hall–Kier alpha value is -0.0800. The number of hydrogen-bond acceptors (Lipinski definition) is 2. The molecule has 1 aliphatic rings. The second-order valence-electron chi connectivity index (χ2n) is 5.81. The first-order valence-electron chi connectivity index (χ1n) is 6.95. The molecule has 0 aromatic carbocycles. The topological polar surface area (TPSA) is 21.3 Å². The van der Waals surface area contributed by atoms with E-state index in [2.05, 4.69) is 33.0 Å². The molecule has 0 saturated carbocycles. The zero-order valence-corrected chi connectivity index (χ0v) is 11.5. The Kier molecular flexibility index (Phi) is 6.37. The molecule has 3 unspecified atom stereocenters. The Labute approximate surface area is 101 Å². The van der Waals surface area contributed by atoms with Gasteiger partial charge in [0, 0.05) is 18.7 Å². The minimum absolute atomic E-state index is 0.514. The highest BCUT2D eigenvalue weighted by atomic mass is 16.5. The van der Waals surface area contributed by atoms with Crippen LogP contribution < -0.4 is 5.32 Å². The first-order valence-corrected chi connectivity index (χ1v) is 6.95. The van der Waals surface area contributed by atoms with Crippen molar-refractivity contribution < 1.29 is 4.74 Å². The molecular formula is C14H29NO. The molecule has 96 valence electrons. The first kappa shape index (κ1) is 14.0. The van der Waals surface area contributed by atoms with Crippen molar-refractivity contribution in [1.82, 2.24) is 5.32 Å². The van der Waals surface area contributed by atoms with E-state index in [0.29, 0.717) is 18.2 Å². The Bertz CT molecular complexity index is 176. The summed E-state index contributed by atoms with van der Waals surface area (Å²) in [5.41, 5.74) is 0. The lowest BCUT2D eigenvalue weighted by Gasteiger charge is -2.22. The van der Waals surface area contributed by atoms with Crippen LogP contribution in [0.4, 0.5) is 0 Å². The van der Waals surface area contributed by atoms with Crippen molar-refractivity contribution in [3.8, 4) is 0 Å². The highest BCUT2D eigenvalue weighted by molar-refractivity contribution is 4.74. The van der Waals surface area contributed by atoms with Gasteiger partial charge in [0.1, 0.15) is 0 Å². The van der Waals surface area contributed by atoms with Crippen LogP contribution in [0.1, 0.15) is 59.8 Å². The van der Waals surface area contributed by atoms with Crippen molar-refractivity contribution in [3.63, 3.8) is 0 Å². The van der Waals surface area contributed by atoms with E-state index in [4.69, 9.17) is 4.74 Å². The number of nitrogens with one attached hydrogen (secondary N) is 1. The smallest absolute Gasteiger partial charge is 0.0590 e. The number of ether oxygens (including phenoxy) is 1. The molecule has 2 heteroatoms. The molecule has 2 nitrogen and oxygen atoms in total. The van der Waals surface area contributed by atoms with Crippen molar-refractivity contribution in [2.24, 2.45) is 5.92 Å². The first-order chi connectivity index (χ1) is 7.58. The molecule has 1 rings (SSSR count). The Balaban J connectivity index is 2.09. The van der Waals surface area contributed by atoms with Crippen LogP contribution in [0.2, 0.25) is 0 Å². The van der Waals surface area contributed by atoms with Crippen LogP contribution in [0.5, 0.6) is 0 Å². The summed E-state index contributed by atoms with van der Waals surface area (Å²) in [6.07, 6.45) is 6.80. The second-order valence-corrected chi connectivity index (χ2v) is 5.81. The molecule has 1 N–H and O–H groups in total. The van der Waals surface area contributed by atoms with Gasteiger partial charge >= 0.3 is 0 Å². The largest absolute Gasteiger partial charge is 0.378 e. The minimum atomic E-state index is 0.514. The summed E-state index contributed by atoms with van der Waals surface area (Å²) in [6.45, 7) is 10.1. The van der Waals surface area contributed by atoms with Gasteiger partial charge in [-0.05, 0) is 51.9 Å². The minimum Gasteiger partial charge on any atom is -0.378 e. The molecule has 16 heavy (non-hydrogen) atoms. The van der Waals surface area contributed by atoms with E-state index in [1.807, 2.05) is 0 Å². The third kappa shape index (κ3) is 5.86. The van der Waals surface area contributed by atoms with Gasteiger partial charge in [0.15, 0.2) is 0 Å². The van der Waals surface area contributed by atoms with E-state index in [-0.39, 0.29) is 0 Å². The lowest BCUT2D eigenvalue weighted by atomic mass is 10.0. The monoisotopic (exact) mass is 227 g/mol. The standard InChI is InChI=1S/C14H29NO/c1-11(2)7-8-12(3)15-13(4)10-14-6-5-9-16-14/h11-15H,5-10H2,1-4H3. The predicted molar refractivity (Wildman–Crippen MR) is 69.7 cm³/mol. The molecule has 0 aromatic rings. The number of rotatable bonds is 7. The van der Waals surface area contributed by atoms with Gasteiger partial charge in [-0.3, -0.25) is 0 Å².